The first-order valence-electron chi connectivity index (χ1n) is 5.97. The molecule has 1 fully saturated rings. The lowest BCUT2D eigenvalue weighted by molar-refractivity contribution is -0.115. The van der Waals surface area contributed by atoms with Gasteiger partial charge in [-0.1, -0.05) is 17.7 Å². The monoisotopic (exact) mass is 266 g/mol. The van der Waals surface area contributed by atoms with Gasteiger partial charge in [-0.25, -0.2) is 0 Å². The van der Waals surface area contributed by atoms with Gasteiger partial charge in [0.05, 0.1) is 12.3 Å². The first-order valence-corrected chi connectivity index (χ1v) is 6.34. The van der Waals surface area contributed by atoms with Crippen molar-refractivity contribution in [3.63, 3.8) is 0 Å². The van der Waals surface area contributed by atoms with Crippen LogP contribution in [0.15, 0.2) is 29.4 Å². The molecule has 1 aromatic carbocycles. The van der Waals surface area contributed by atoms with E-state index in [1.165, 1.54) is 0 Å². The third kappa shape index (κ3) is 3.47. The Bertz CT molecular complexity index is 470. The van der Waals surface area contributed by atoms with Crippen LogP contribution in [-0.2, 0) is 9.53 Å². The fourth-order valence-corrected chi connectivity index (χ4v) is 1.68. The van der Waals surface area contributed by atoms with Crippen LogP contribution in [0.4, 0.5) is 5.69 Å². The van der Waals surface area contributed by atoms with Crippen molar-refractivity contribution in [3.05, 3.63) is 29.3 Å². The van der Waals surface area contributed by atoms with Gasteiger partial charge in [-0.2, -0.15) is 0 Å². The molecule has 1 N–H and O–H groups in total. The van der Waals surface area contributed by atoms with Crippen molar-refractivity contribution in [3.8, 4) is 0 Å². The Morgan fingerprint density at radius 3 is 2.94 bits per heavy atom. The normalized spacial score (nSPS) is 15.3. The molecule has 0 aromatic heterocycles. The van der Waals surface area contributed by atoms with E-state index in [-0.39, 0.29) is 17.6 Å². The number of Topliss-reactive ketones (excluding diaryl/α,β-unsaturated/α-hetero) is 1. The third-order valence-electron chi connectivity index (χ3n) is 2.55. The van der Waals surface area contributed by atoms with Gasteiger partial charge in [0.15, 0.2) is 0 Å². The van der Waals surface area contributed by atoms with Crippen molar-refractivity contribution < 1.29 is 9.53 Å². The number of ether oxygens (including phenoxy) is 1. The van der Waals surface area contributed by atoms with E-state index in [1.54, 1.807) is 12.1 Å². The van der Waals surface area contributed by atoms with E-state index >= 15 is 0 Å². The van der Waals surface area contributed by atoms with Crippen molar-refractivity contribution >= 4 is 29.0 Å². The summed E-state index contributed by atoms with van der Waals surface area (Å²) >= 11 is 5.86. The van der Waals surface area contributed by atoms with Gasteiger partial charge in [0, 0.05) is 10.9 Å². The van der Waals surface area contributed by atoms with Gasteiger partial charge in [0.2, 0.25) is 5.78 Å². The molecule has 1 aromatic rings. The van der Waals surface area contributed by atoms with Crippen LogP contribution in [0.3, 0.4) is 0 Å². The first kappa shape index (κ1) is 12.9. The molecule has 1 aliphatic rings. The summed E-state index contributed by atoms with van der Waals surface area (Å²) in [6.07, 6.45) is 1.87. The highest BCUT2D eigenvalue weighted by molar-refractivity contribution is 6.37. The summed E-state index contributed by atoms with van der Waals surface area (Å²) in [5, 5.41) is 4.63. The summed E-state index contributed by atoms with van der Waals surface area (Å²) in [5.41, 5.74) is 3.52. The van der Waals surface area contributed by atoms with Gasteiger partial charge in [0.25, 0.3) is 5.90 Å². The largest absolute Gasteiger partial charge is 0.474 e. The number of carbonyl (C=O) groups excluding carboxylic acids is 1. The van der Waals surface area contributed by atoms with Crippen LogP contribution < -0.4 is 5.43 Å². The minimum absolute atomic E-state index is 0.0219. The highest BCUT2D eigenvalue weighted by atomic mass is 35.5. The standard InChI is InChI=1S/C13H15ClN2O2/c1-2-18-13(12(17)9-6-7-9)16-15-11-5-3-4-10(14)8-11/h3-5,8-9,15H,2,6-7H2,1H3. The molecule has 0 amide bonds. The second kappa shape index (κ2) is 5.87. The predicted octanol–water partition coefficient (Wildman–Crippen LogP) is 3.08. The smallest absolute Gasteiger partial charge is 0.275 e. The second-order valence-corrected chi connectivity index (χ2v) is 4.55. The van der Waals surface area contributed by atoms with Gasteiger partial charge in [-0.3, -0.25) is 10.2 Å². The summed E-state index contributed by atoms with van der Waals surface area (Å²) in [4.78, 5) is 11.9. The average molecular weight is 267 g/mol. The lowest BCUT2D eigenvalue weighted by Crippen LogP contribution is -2.21. The molecule has 0 bridgehead atoms. The molecule has 96 valence electrons. The first-order chi connectivity index (χ1) is 8.70. The highest BCUT2D eigenvalue weighted by Crippen LogP contribution is 2.30. The Kier molecular flexibility index (Phi) is 4.20. The lowest BCUT2D eigenvalue weighted by atomic mass is 10.2. The Morgan fingerprint density at radius 2 is 2.33 bits per heavy atom. The molecule has 0 heterocycles. The lowest BCUT2D eigenvalue weighted by Gasteiger charge is -2.06. The SMILES string of the molecule is CCOC(=NNc1cccc(Cl)c1)C(=O)C1CC1. The zero-order valence-corrected chi connectivity index (χ0v) is 10.9. The summed E-state index contributed by atoms with van der Waals surface area (Å²) in [6, 6.07) is 7.13. The van der Waals surface area contributed by atoms with E-state index in [4.69, 9.17) is 16.3 Å². The van der Waals surface area contributed by atoms with Crippen molar-refractivity contribution in [1.29, 1.82) is 0 Å². The Balaban J connectivity index is 2.05. The maximum atomic E-state index is 11.9. The van der Waals surface area contributed by atoms with Crippen LogP contribution in [0, 0.1) is 5.92 Å². The quantitative estimate of drug-likeness (QED) is 0.506. The summed E-state index contributed by atoms with van der Waals surface area (Å²) in [6.45, 7) is 2.25. The van der Waals surface area contributed by atoms with Crippen LogP contribution in [0.25, 0.3) is 0 Å². The fourth-order valence-electron chi connectivity index (χ4n) is 1.49. The number of hydrogen-bond donors (Lipinski definition) is 1. The Morgan fingerprint density at radius 1 is 1.56 bits per heavy atom. The molecule has 0 radical (unpaired) electrons. The molecule has 18 heavy (non-hydrogen) atoms. The number of nitrogens with zero attached hydrogens (tertiary/aromatic N) is 1. The number of anilines is 1. The molecule has 4 nitrogen and oxygen atoms in total. The van der Waals surface area contributed by atoms with Crippen LogP contribution >= 0.6 is 11.6 Å². The predicted molar refractivity (Wildman–Crippen MR) is 71.9 cm³/mol. The Labute approximate surface area is 111 Å². The van der Waals surface area contributed by atoms with E-state index in [1.807, 2.05) is 19.1 Å². The van der Waals surface area contributed by atoms with Crippen LogP contribution in [0.5, 0.6) is 0 Å². The molecule has 0 spiro atoms. The van der Waals surface area contributed by atoms with Crippen molar-refractivity contribution in [2.75, 3.05) is 12.0 Å². The molecule has 0 unspecified atom stereocenters. The molecular weight excluding hydrogens is 252 g/mol. The van der Waals surface area contributed by atoms with Crippen molar-refractivity contribution in [2.45, 2.75) is 19.8 Å². The van der Waals surface area contributed by atoms with E-state index in [0.29, 0.717) is 11.6 Å². The van der Waals surface area contributed by atoms with E-state index < -0.39 is 0 Å². The summed E-state index contributed by atoms with van der Waals surface area (Å²) in [5.74, 6) is 0.225. The van der Waals surface area contributed by atoms with Gasteiger partial charge >= 0.3 is 0 Å². The van der Waals surface area contributed by atoms with Gasteiger partial charge < -0.3 is 4.74 Å². The number of hydrazone groups is 1. The van der Waals surface area contributed by atoms with Crippen molar-refractivity contribution in [1.82, 2.24) is 0 Å². The topological polar surface area (TPSA) is 50.7 Å². The van der Waals surface area contributed by atoms with E-state index in [9.17, 15) is 4.79 Å². The number of rotatable bonds is 5. The zero-order valence-electron chi connectivity index (χ0n) is 10.1. The second-order valence-electron chi connectivity index (χ2n) is 4.11. The number of hydrogen-bond acceptors (Lipinski definition) is 4. The maximum Gasteiger partial charge on any atom is 0.275 e. The number of ketones is 1. The van der Waals surface area contributed by atoms with Gasteiger partial charge in [-0.15, -0.1) is 5.10 Å². The minimum Gasteiger partial charge on any atom is -0.474 e. The number of nitrogens with one attached hydrogen (secondary N) is 1. The molecule has 1 saturated carbocycles. The number of carbonyl (C=O) groups is 1. The van der Waals surface area contributed by atoms with E-state index in [2.05, 4.69) is 10.5 Å². The molecular formula is C13H15ClN2O2. The molecule has 5 heteroatoms. The molecule has 0 saturated heterocycles. The Hall–Kier alpha value is -1.55. The molecule has 1 aliphatic carbocycles. The minimum atomic E-state index is -0.0219. The molecule has 0 aliphatic heterocycles. The maximum absolute atomic E-state index is 11.9. The van der Waals surface area contributed by atoms with Crippen molar-refractivity contribution in [2.24, 2.45) is 11.0 Å². The number of halogens is 1. The summed E-state index contributed by atoms with van der Waals surface area (Å²) < 4.78 is 5.26. The average Bonchev–Trinajstić information content (AvgIpc) is 3.18. The number of benzene rings is 1. The zero-order chi connectivity index (χ0) is 13.0. The van der Waals surface area contributed by atoms with Gasteiger partial charge in [-0.05, 0) is 38.0 Å². The fraction of sp³-hybridized carbons (Fsp3) is 0.385. The highest BCUT2D eigenvalue weighted by Gasteiger charge is 2.34. The molecule has 0 atom stereocenters. The third-order valence-corrected chi connectivity index (χ3v) is 2.79. The summed E-state index contributed by atoms with van der Waals surface area (Å²) in [7, 11) is 0. The van der Waals surface area contributed by atoms with Crippen LogP contribution in [-0.4, -0.2) is 18.3 Å². The van der Waals surface area contributed by atoms with Crippen LogP contribution in [0.2, 0.25) is 5.02 Å². The molecule has 2 rings (SSSR count). The van der Waals surface area contributed by atoms with Gasteiger partial charge in [0.1, 0.15) is 0 Å². The van der Waals surface area contributed by atoms with E-state index in [0.717, 1.165) is 18.5 Å². The van der Waals surface area contributed by atoms with Crippen LogP contribution in [0.1, 0.15) is 19.8 Å².